The molecule has 0 aliphatic heterocycles. The van der Waals surface area contributed by atoms with Gasteiger partial charge in [-0.05, 0) is 49.1 Å². The number of nitrogens with zero attached hydrogens (tertiary/aromatic N) is 1. The van der Waals surface area contributed by atoms with Gasteiger partial charge < -0.3 is 5.32 Å². The standard InChI is InChI=1S/C15H14Cl2N2/c16-11-6-7-12(17)14(9-11)19-13-5-1-3-10-4-2-8-18-15(10)13/h2,4,6-9,13,19H,1,3,5H2. The molecule has 0 fully saturated rings. The molecule has 1 aromatic carbocycles. The van der Waals surface area contributed by atoms with Crippen LogP contribution in [0.1, 0.15) is 30.1 Å². The maximum Gasteiger partial charge on any atom is 0.0688 e. The largest absolute Gasteiger partial charge is 0.375 e. The number of nitrogens with one attached hydrogen (secondary N) is 1. The number of aromatic nitrogens is 1. The molecular formula is C15H14Cl2N2. The number of anilines is 1. The van der Waals surface area contributed by atoms with Gasteiger partial charge in [-0.15, -0.1) is 0 Å². The maximum absolute atomic E-state index is 6.20. The second kappa shape index (κ2) is 5.40. The van der Waals surface area contributed by atoms with Crippen molar-refractivity contribution in [1.29, 1.82) is 0 Å². The zero-order valence-electron chi connectivity index (χ0n) is 10.4. The van der Waals surface area contributed by atoms with Crippen molar-refractivity contribution in [3.05, 3.63) is 57.8 Å². The van der Waals surface area contributed by atoms with E-state index in [4.69, 9.17) is 23.2 Å². The highest BCUT2D eigenvalue weighted by molar-refractivity contribution is 6.35. The van der Waals surface area contributed by atoms with Gasteiger partial charge in [-0.25, -0.2) is 0 Å². The first-order chi connectivity index (χ1) is 9.24. The van der Waals surface area contributed by atoms with Crippen LogP contribution in [0.15, 0.2) is 36.5 Å². The van der Waals surface area contributed by atoms with E-state index in [9.17, 15) is 0 Å². The Kier molecular flexibility index (Phi) is 3.63. The fraction of sp³-hybridized carbons (Fsp3) is 0.267. The van der Waals surface area contributed by atoms with Crippen LogP contribution in [0.5, 0.6) is 0 Å². The highest BCUT2D eigenvalue weighted by atomic mass is 35.5. The minimum Gasteiger partial charge on any atom is -0.375 e. The highest BCUT2D eigenvalue weighted by Crippen LogP contribution is 2.34. The van der Waals surface area contributed by atoms with Gasteiger partial charge in [0.2, 0.25) is 0 Å². The summed E-state index contributed by atoms with van der Waals surface area (Å²) in [5.74, 6) is 0. The Morgan fingerprint density at radius 3 is 3.00 bits per heavy atom. The predicted molar refractivity (Wildman–Crippen MR) is 80.0 cm³/mol. The SMILES string of the molecule is Clc1ccc(Cl)c(NC2CCCc3cccnc32)c1. The van der Waals surface area contributed by atoms with Crippen molar-refractivity contribution < 1.29 is 0 Å². The molecule has 1 aliphatic rings. The number of benzene rings is 1. The minimum absolute atomic E-state index is 0.209. The van der Waals surface area contributed by atoms with Crippen LogP contribution in [0.3, 0.4) is 0 Å². The Hall–Kier alpha value is -1.25. The molecule has 0 saturated carbocycles. The summed E-state index contributed by atoms with van der Waals surface area (Å²) in [6, 6.07) is 9.82. The van der Waals surface area contributed by atoms with Gasteiger partial charge in [0.1, 0.15) is 0 Å². The number of hydrogen-bond donors (Lipinski definition) is 1. The van der Waals surface area contributed by atoms with Crippen molar-refractivity contribution in [3.63, 3.8) is 0 Å². The monoisotopic (exact) mass is 292 g/mol. The van der Waals surface area contributed by atoms with Crippen LogP contribution >= 0.6 is 23.2 Å². The molecule has 3 rings (SSSR count). The summed E-state index contributed by atoms with van der Waals surface area (Å²) in [5.41, 5.74) is 3.33. The van der Waals surface area contributed by atoms with E-state index in [1.165, 1.54) is 5.56 Å². The van der Waals surface area contributed by atoms with Crippen molar-refractivity contribution in [3.8, 4) is 0 Å². The van der Waals surface area contributed by atoms with Gasteiger partial charge in [0, 0.05) is 11.2 Å². The molecule has 4 heteroatoms. The zero-order valence-corrected chi connectivity index (χ0v) is 11.9. The summed E-state index contributed by atoms with van der Waals surface area (Å²) < 4.78 is 0. The molecule has 1 N–H and O–H groups in total. The van der Waals surface area contributed by atoms with E-state index in [0.717, 1.165) is 30.6 Å². The number of fused-ring (bicyclic) bond motifs is 1. The highest BCUT2D eigenvalue weighted by Gasteiger charge is 2.21. The quantitative estimate of drug-likeness (QED) is 0.853. The van der Waals surface area contributed by atoms with Gasteiger partial charge in [-0.3, -0.25) is 4.98 Å². The molecule has 0 spiro atoms. The van der Waals surface area contributed by atoms with Gasteiger partial charge in [0.15, 0.2) is 0 Å². The van der Waals surface area contributed by atoms with E-state index in [1.807, 2.05) is 24.4 Å². The number of pyridine rings is 1. The lowest BCUT2D eigenvalue weighted by atomic mass is 9.92. The smallest absolute Gasteiger partial charge is 0.0688 e. The lowest BCUT2D eigenvalue weighted by Crippen LogP contribution is -2.19. The van der Waals surface area contributed by atoms with Crippen molar-refractivity contribution >= 4 is 28.9 Å². The maximum atomic E-state index is 6.20. The Bertz CT molecular complexity index is 598. The van der Waals surface area contributed by atoms with Crippen molar-refractivity contribution in [2.24, 2.45) is 0 Å². The molecule has 1 unspecified atom stereocenters. The Morgan fingerprint density at radius 1 is 1.21 bits per heavy atom. The fourth-order valence-corrected chi connectivity index (χ4v) is 2.89. The van der Waals surface area contributed by atoms with Crippen molar-refractivity contribution in [1.82, 2.24) is 4.98 Å². The molecule has 1 atom stereocenters. The number of rotatable bonds is 2. The topological polar surface area (TPSA) is 24.9 Å². The van der Waals surface area contributed by atoms with Crippen molar-refractivity contribution in [2.75, 3.05) is 5.32 Å². The van der Waals surface area contributed by atoms with Crippen LogP contribution < -0.4 is 5.32 Å². The summed E-state index contributed by atoms with van der Waals surface area (Å²) in [7, 11) is 0. The first-order valence-electron chi connectivity index (χ1n) is 6.39. The summed E-state index contributed by atoms with van der Waals surface area (Å²) in [4.78, 5) is 4.51. The summed E-state index contributed by atoms with van der Waals surface area (Å²) in [5, 5.41) is 4.84. The molecule has 2 aromatic rings. The second-order valence-electron chi connectivity index (χ2n) is 4.76. The molecule has 19 heavy (non-hydrogen) atoms. The molecule has 0 bridgehead atoms. The lowest BCUT2D eigenvalue weighted by molar-refractivity contribution is 0.583. The average molecular weight is 293 g/mol. The van der Waals surface area contributed by atoms with Crippen LogP contribution in [0, 0.1) is 0 Å². The van der Waals surface area contributed by atoms with Crippen molar-refractivity contribution in [2.45, 2.75) is 25.3 Å². The normalized spacial score (nSPS) is 17.9. The van der Waals surface area contributed by atoms with Gasteiger partial charge >= 0.3 is 0 Å². The van der Waals surface area contributed by atoms with Gasteiger partial charge in [0.25, 0.3) is 0 Å². The van der Waals surface area contributed by atoms with E-state index in [0.29, 0.717) is 10.0 Å². The van der Waals surface area contributed by atoms with Crippen LogP contribution in [0.25, 0.3) is 0 Å². The zero-order chi connectivity index (χ0) is 13.2. The molecule has 0 radical (unpaired) electrons. The van der Waals surface area contributed by atoms with Crippen LogP contribution in [0.4, 0.5) is 5.69 Å². The molecule has 0 amide bonds. The van der Waals surface area contributed by atoms with Crippen LogP contribution in [-0.4, -0.2) is 4.98 Å². The third kappa shape index (κ3) is 2.70. The number of halogens is 2. The molecule has 98 valence electrons. The Morgan fingerprint density at radius 2 is 2.11 bits per heavy atom. The fourth-order valence-electron chi connectivity index (χ4n) is 2.55. The molecule has 0 saturated heterocycles. The van der Waals surface area contributed by atoms with Gasteiger partial charge in [-0.1, -0.05) is 29.3 Å². The van der Waals surface area contributed by atoms with Gasteiger partial charge in [-0.2, -0.15) is 0 Å². The van der Waals surface area contributed by atoms with Gasteiger partial charge in [0.05, 0.1) is 22.4 Å². The first kappa shape index (κ1) is 12.8. The van der Waals surface area contributed by atoms with Crippen LogP contribution in [0.2, 0.25) is 10.0 Å². The summed E-state index contributed by atoms with van der Waals surface area (Å²) in [6.07, 6.45) is 5.17. The third-order valence-corrected chi connectivity index (χ3v) is 4.02. The average Bonchev–Trinajstić information content (AvgIpc) is 2.43. The molecule has 1 aromatic heterocycles. The minimum atomic E-state index is 0.209. The van der Waals surface area contributed by atoms with E-state index < -0.39 is 0 Å². The predicted octanol–water partition coefficient (Wildman–Crippen LogP) is 4.88. The lowest BCUT2D eigenvalue weighted by Gasteiger charge is -2.26. The second-order valence-corrected chi connectivity index (χ2v) is 5.60. The third-order valence-electron chi connectivity index (χ3n) is 3.45. The Labute approximate surface area is 122 Å². The summed E-state index contributed by atoms with van der Waals surface area (Å²) >= 11 is 12.2. The van der Waals surface area contributed by atoms with E-state index in [1.54, 1.807) is 6.07 Å². The molecule has 1 aliphatic carbocycles. The van der Waals surface area contributed by atoms with E-state index >= 15 is 0 Å². The van der Waals surface area contributed by atoms with Crippen LogP contribution in [-0.2, 0) is 6.42 Å². The number of hydrogen-bond acceptors (Lipinski definition) is 2. The molecule has 1 heterocycles. The first-order valence-corrected chi connectivity index (χ1v) is 7.15. The summed E-state index contributed by atoms with van der Waals surface area (Å²) in [6.45, 7) is 0. The van der Waals surface area contributed by atoms with E-state index in [-0.39, 0.29) is 6.04 Å². The Balaban J connectivity index is 1.90. The molecular weight excluding hydrogens is 279 g/mol. The van der Waals surface area contributed by atoms with E-state index in [2.05, 4.69) is 16.4 Å². The number of aryl methyl sites for hydroxylation is 1. The molecule has 2 nitrogen and oxygen atoms in total.